The van der Waals surface area contributed by atoms with Crippen molar-refractivity contribution in [1.29, 1.82) is 0 Å². The zero-order valence-corrected chi connectivity index (χ0v) is 16.6. The number of carbonyl (C=O) groups excluding carboxylic acids is 1. The van der Waals surface area contributed by atoms with Gasteiger partial charge in [-0.05, 0) is 68.6 Å². The lowest BCUT2D eigenvalue weighted by Gasteiger charge is -2.51. The van der Waals surface area contributed by atoms with Crippen LogP contribution in [0.5, 0.6) is 11.5 Å². The minimum Gasteiger partial charge on any atom is -0.454 e. The van der Waals surface area contributed by atoms with E-state index in [-0.39, 0.29) is 18.7 Å². The van der Waals surface area contributed by atoms with Gasteiger partial charge in [-0.15, -0.1) is 0 Å². The largest absolute Gasteiger partial charge is 0.454 e. The number of aryl methyl sites for hydroxylation is 1. The van der Waals surface area contributed by atoms with Crippen LogP contribution in [0.25, 0.3) is 0 Å². The molecule has 5 aliphatic rings. The second-order valence-electron chi connectivity index (χ2n) is 8.72. The fraction of sp³-hybridized carbons (Fsp3) is 0.478. The minimum absolute atomic E-state index is 0.115. The molecule has 1 amide bonds. The average molecular weight is 391 g/mol. The molecule has 3 atom stereocenters. The fourth-order valence-corrected chi connectivity index (χ4v) is 5.85. The Labute approximate surface area is 170 Å². The van der Waals surface area contributed by atoms with Gasteiger partial charge in [0.2, 0.25) is 6.79 Å². The maximum absolute atomic E-state index is 13.5. The summed E-state index contributed by atoms with van der Waals surface area (Å²) >= 11 is 0. The highest BCUT2D eigenvalue weighted by Crippen LogP contribution is 2.48. The first-order valence-electron chi connectivity index (χ1n) is 10.6. The maximum atomic E-state index is 13.5. The lowest BCUT2D eigenvalue weighted by Crippen LogP contribution is -2.60. The van der Waals surface area contributed by atoms with Crippen LogP contribution in [0.2, 0.25) is 0 Å². The molecule has 5 aliphatic heterocycles. The molecule has 6 heteroatoms. The highest BCUT2D eigenvalue weighted by Gasteiger charge is 2.54. The summed E-state index contributed by atoms with van der Waals surface area (Å²) in [6.07, 6.45) is 4.10. The van der Waals surface area contributed by atoms with Crippen molar-refractivity contribution in [3.05, 3.63) is 53.3 Å². The Morgan fingerprint density at radius 2 is 1.90 bits per heavy atom. The minimum atomic E-state index is 0.115. The van der Waals surface area contributed by atoms with Crippen LogP contribution >= 0.6 is 0 Å². The number of likely N-dealkylation sites (tertiary alicyclic amines) is 1. The maximum Gasteiger partial charge on any atom is 0.255 e. The van der Waals surface area contributed by atoms with Gasteiger partial charge in [-0.2, -0.15) is 0 Å². The lowest BCUT2D eigenvalue weighted by molar-refractivity contribution is -0.00342. The first kappa shape index (κ1) is 17.3. The number of aromatic nitrogens is 1. The summed E-state index contributed by atoms with van der Waals surface area (Å²) in [7, 11) is 0. The van der Waals surface area contributed by atoms with E-state index in [1.807, 2.05) is 25.1 Å². The van der Waals surface area contributed by atoms with E-state index in [0.717, 1.165) is 36.8 Å². The molecular weight excluding hydrogens is 366 g/mol. The van der Waals surface area contributed by atoms with Gasteiger partial charge < -0.3 is 14.4 Å². The van der Waals surface area contributed by atoms with Crippen LogP contribution in [0.1, 0.15) is 40.4 Å². The third-order valence-corrected chi connectivity index (χ3v) is 7.24. The molecular formula is C23H25N3O3. The number of pyridine rings is 1. The molecule has 0 N–H and O–H groups in total. The SMILES string of the molecule is Cc1ccc(C(=O)N2C[C@@H](c3ccc4c(c3)OCO4)[C@@H]3[C@H]2C2CCN3CC2)cn1. The molecule has 4 fully saturated rings. The summed E-state index contributed by atoms with van der Waals surface area (Å²) in [5, 5.41) is 0. The van der Waals surface area contributed by atoms with Gasteiger partial charge in [0.25, 0.3) is 5.91 Å². The monoisotopic (exact) mass is 391 g/mol. The first-order chi connectivity index (χ1) is 14.2. The Kier molecular flexibility index (Phi) is 3.85. The molecule has 150 valence electrons. The van der Waals surface area contributed by atoms with E-state index < -0.39 is 0 Å². The number of hydrogen-bond donors (Lipinski definition) is 0. The summed E-state index contributed by atoms with van der Waals surface area (Å²) < 4.78 is 11.1. The number of piperidine rings is 3. The zero-order valence-electron chi connectivity index (χ0n) is 16.6. The van der Waals surface area contributed by atoms with E-state index in [9.17, 15) is 4.79 Å². The molecule has 0 saturated carbocycles. The van der Waals surface area contributed by atoms with Gasteiger partial charge in [0.05, 0.1) is 11.6 Å². The van der Waals surface area contributed by atoms with Crippen LogP contribution in [0, 0.1) is 12.8 Å². The summed E-state index contributed by atoms with van der Waals surface area (Å²) in [6, 6.07) is 10.8. The van der Waals surface area contributed by atoms with Crippen molar-refractivity contribution in [2.75, 3.05) is 26.4 Å². The lowest BCUT2D eigenvalue weighted by atomic mass is 9.75. The van der Waals surface area contributed by atoms with Crippen LogP contribution in [0.4, 0.5) is 0 Å². The van der Waals surface area contributed by atoms with E-state index in [1.165, 1.54) is 18.4 Å². The zero-order chi connectivity index (χ0) is 19.5. The molecule has 0 aliphatic carbocycles. The second-order valence-corrected chi connectivity index (χ2v) is 8.72. The molecule has 2 aromatic rings. The summed E-state index contributed by atoms with van der Waals surface area (Å²) in [6.45, 7) is 5.26. The van der Waals surface area contributed by atoms with Crippen molar-refractivity contribution >= 4 is 5.91 Å². The molecule has 7 rings (SSSR count). The number of nitrogens with zero attached hydrogens (tertiary/aromatic N) is 3. The van der Waals surface area contributed by atoms with Gasteiger partial charge in [-0.3, -0.25) is 14.7 Å². The summed E-state index contributed by atoms with van der Waals surface area (Å²) in [5.41, 5.74) is 2.87. The van der Waals surface area contributed by atoms with Crippen molar-refractivity contribution in [2.45, 2.75) is 37.8 Å². The molecule has 6 nitrogen and oxygen atoms in total. The van der Waals surface area contributed by atoms with Gasteiger partial charge in [0, 0.05) is 30.4 Å². The van der Waals surface area contributed by atoms with Crippen molar-refractivity contribution in [3.63, 3.8) is 0 Å². The number of hydrogen-bond acceptors (Lipinski definition) is 5. The number of rotatable bonds is 2. The van der Waals surface area contributed by atoms with E-state index in [2.05, 4.69) is 26.9 Å². The number of benzene rings is 1. The van der Waals surface area contributed by atoms with Gasteiger partial charge >= 0.3 is 0 Å². The predicted octanol–water partition coefficient (Wildman–Crippen LogP) is 2.82. The van der Waals surface area contributed by atoms with Crippen LogP contribution in [0.15, 0.2) is 36.5 Å². The van der Waals surface area contributed by atoms with Crippen molar-refractivity contribution < 1.29 is 14.3 Å². The number of fused-ring (bicyclic) bond motifs is 3. The predicted molar refractivity (Wildman–Crippen MR) is 107 cm³/mol. The fourth-order valence-electron chi connectivity index (χ4n) is 5.85. The van der Waals surface area contributed by atoms with E-state index in [1.54, 1.807) is 6.20 Å². The van der Waals surface area contributed by atoms with Gasteiger partial charge in [-0.1, -0.05) is 6.07 Å². The Morgan fingerprint density at radius 3 is 2.69 bits per heavy atom. The molecule has 2 bridgehead atoms. The van der Waals surface area contributed by atoms with Crippen LogP contribution in [0.3, 0.4) is 0 Å². The van der Waals surface area contributed by atoms with Crippen LogP contribution < -0.4 is 9.47 Å². The first-order valence-corrected chi connectivity index (χ1v) is 10.6. The highest BCUT2D eigenvalue weighted by molar-refractivity contribution is 5.94. The van der Waals surface area contributed by atoms with Crippen molar-refractivity contribution in [1.82, 2.24) is 14.8 Å². The topological polar surface area (TPSA) is 54.9 Å². The van der Waals surface area contributed by atoms with Gasteiger partial charge in [0.1, 0.15) is 0 Å². The standard InChI is InChI=1S/C23H25N3O3/c1-14-2-3-17(11-24-14)23(27)26-12-18(16-4-5-19-20(10-16)29-13-28-19)22-21(26)15-6-8-25(22)9-7-15/h2-5,10-11,15,18,21-22H,6-9,12-13H2,1H3/t18-,21+,22+/m0/s1. The van der Waals surface area contributed by atoms with Crippen LogP contribution in [-0.2, 0) is 0 Å². The summed E-state index contributed by atoms with van der Waals surface area (Å²) in [4.78, 5) is 22.6. The Balaban J connectivity index is 1.37. The number of carbonyl (C=O) groups is 1. The molecule has 0 radical (unpaired) electrons. The molecule has 1 aromatic carbocycles. The normalized spacial score (nSPS) is 31.8. The third-order valence-electron chi connectivity index (χ3n) is 7.24. The quantitative estimate of drug-likeness (QED) is 0.788. The Morgan fingerprint density at radius 1 is 1.07 bits per heavy atom. The average Bonchev–Trinajstić information content (AvgIpc) is 3.40. The number of amides is 1. The highest BCUT2D eigenvalue weighted by atomic mass is 16.7. The third kappa shape index (κ3) is 2.65. The molecule has 0 unspecified atom stereocenters. The Bertz CT molecular complexity index is 952. The molecule has 0 spiro atoms. The van der Waals surface area contributed by atoms with Crippen molar-refractivity contribution in [3.8, 4) is 11.5 Å². The Hall–Kier alpha value is -2.60. The van der Waals surface area contributed by atoms with E-state index >= 15 is 0 Å². The van der Waals surface area contributed by atoms with E-state index in [0.29, 0.717) is 23.4 Å². The molecule has 6 heterocycles. The molecule has 4 saturated heterocycles. The second kappa shape index (κ2) is 6.46. The number of ether oxygens (including phenoxy) is 2. The van der Waals surface area contributed by atoms with Gasteiger partial charge in [-0.25, -0.2) is 0 Å². The summed E-state index contributed by atoms with van der Waals surface area (Å²) in [5.74, 6) is 2.63. The smallest absolute Gasteiger partial charge is 0.255 e. The van der Waals surface area contributed by atoms with Crippen LogP contribution in [-0.4, -0.2) is 59.2 Å². The molecule has 29 heavy (non-hydrogen) atoms. The van der Waals surface area contributed by atoms with Gasteiger partial charge in [0.15, 0.2) is 11.5 Å². The van der Waals surface area contributed by atoms with Crippen molar-refractivity contribution in [2.24, 2.45) is 5.92 Å². The van der Waals surface area contributed by atoms with E-state index in [4.69, 9.17) is 9.47 Å². The molecule has 1 aromatic heterocycles.